The summed E-state index contributed by atoms with van der Waals surface area (Å²) in [6, 6.07) is 2.96. The van der Waals surface area contributed by atoms with Gasteiger partial charge in [-0.3, -0.25) is 0 Å². The molecule has 0 aliphatic carbocycles. The number of nitrogens with zero attached hydrogens (tertiary/aromatic N) is 3. The topological polar surface area (TPSA) is 90.7 Å². The summed E-state index contributed by atoms with van der Waals surface area (Å²) >= 11 is 5.66. The van der Waals surface area contributed by atoms with Crippen molar-refractivity contribution in [1.29, 1.82) is 0 Å². The molecule has 0 aliphatic rings. The third-order valence-corrected chi connectivity index (χ3v) is 2.45. The zero-order chi connectivity index (χ0) is 14.2. The summed E-state index contributed by atoms with van der Waals surface area (Å²) in [7, 11) is 0. The van der Waals surface area contributed by atoms with Crippen molar-refractivity contribution in [2.45, 2.75) is 6.18 Å². The second kappa shape index (κ2) is 4.54. The molecule has 0 bridgehead atoms. The second-order valence-corrected chi connectivity index (χ2v) is 4.07. The molecule has 0 saturated heterocycles. The molecule has 0 amide bonds. The first-order valence-corrected chi connectivity index (χ1v) is 5.29. The molecule has 1 aromatic heterocycles. The van der Waals surface area contributed by atoms with E-state index in [1.165, 1.54) is 6.07 Å². The van der Waals surface area contributed by atoms with Crippen LogP contribution < -0.4 is 11.5 Å². The number of halogens is 4. The number of aromatic nitrogens is 3. The van der Waals surface area contributed by atoms with Gasteiger partial charge in [0.15, 0.2) is 5.82 Å². The molecular formula is C10H7ClF3N5. The Balaban J connectivity index is 2.59. The molecule has 1 heterocycles. The third-order valence-electron chi connectivity index (χ3n) is 2.23. The molecule has 9 heteroatoms. The van der Waals surface area contributed by atoms with E-state index in [-0.39, 0.29) is 28.0 Å². The van der Waals surface area contributed by atoms with Crippen molar-refractivity contribution >= 4 is 23.4 Å². The van der Waals surface area contributed by atoms with Crippen LogP contribution in [0.4, 0.5) is 24.9 Å². The van der Waals surface area contributed by atoms with E-state index in [1.807, 2.05) is 0 Å². The number of hydrogen-bond acceptors (Lipinski definition) is 5. The Hall–Kier alpha value is -2.09. The first kappa shape index (κ1) is 13.3. The maximum atomic E-state index is 12.7. The molecule has 0 radical (unpaired) electrons. The second-order valence-electron chi connectivity index (χ2n) is 3.63. The summed E-state index contributed by atoms with van der Waals surface area (Å²) in [6.07, 6.45) is -4.52. The van der Waals surface area contributed by atoms with Gasteiger partial charge >= 0.3 is 6.18 Å². The predicted molar refractivity (Wildman–Crippen MR) is 64.1 cm³/mol. The Morgan fingerprint density at radius 1 is 1.05 bits per heavy atom. The summed E-state index contributed by atoms with van der Waals surface area (Å²) in [6.45, 7) is 0. The fourth-order valence-electron chi connectivity index (χ4n) is 1.45. The van der Waals surface area contributed by atoms with Crippen molar-refractivity contribution in [1.82, 2.24) is 15.2 Å². The molecule has 5 nitrogen and oxygen atoms in total. The van der Waals surface area contributed by atoms with Crippen LogP contribution in [0.25, 0.3) is 11.3 Å². The van der Waals surface area contributed by atoms with Gasteiger partial charge in [-0.05, 0) is 18.2 Å². The summed E-state index contributed by atoms with van der Waals surface area (Å²) in [5.41, 5.74) is 9.95. The average Bonchev–Trinajstić information content (AvgIpc) is 2.26. The molecule has 2 aromatic rings. The van der Waals surface area contributed by atoms with Gasteiger partial charge in [0.05, 0.1) is 5.56 Å². The van der Waals surface area contributed by atoms with Crippen molar-refractivity contribution < 1.29 is 13.2 Å². The van der Waals surface area contributed by atoms with E-state index in [1.54, 1.807) is 0 Å². The molecule has 0 aliphatic heterocycles. The Labute approximate surface area is 110 Å². The summed E-state index contributed by atoms with van der Waals surface area (Å²) in [5, 5.41) is 6.98. The van der Waals surface area contributed by atoms with Crippen LogP contribution >= 0.6 is 11.6 Å². The fourth-order valence-corrected chi connectivity index (χ4v) is 1.68. The molecule has 0 unspecified atom stereocenters. The van der Waals surface area contributed by atoms with E-state index in [2.05, 4.69) is 15.2 Å². The van der Waals surface area contributed by atoms with E-state index in [4.69, 9.17) is 23.1 Å². The lowest BCUT2D eigenvalue weighted by Gasteiger charge is -2.10. The third kappa shape index (κ3) is 2.84. The number of nitrogens with two attached hydrogens (primary N) is 2. The number of rotatable bonds is 1. The summed E-state index contributed by atoms with van der Waals surface area (Å²) in [4.78, 5) is 3.63. The van der Waals surface area contributed by atoms with Gasteiger partial charge in [-0.1, -0.05) is 11.6 Å². The quantitative estimate of drug-likeness (QED) is 0.841. The standard InChI is InChI=1S/C10H7ClF3N5/c11-6-2-4(1-5(3-6)10(12,13)14)7-8(15)17-9(16)19-18-7/h1-3H,(H4,15,16,17,19). The predicted octanol–water partition coefficient (Wildman–Crippen LogP) is 2.38. The van der Waals surface area contributed by atoms with Gasteiger partial charge in [0, 0.05) is 10.6 Å². The molecule has 19 heavy (non-hydrogen) atoms. The molecule has 1 aromatic carbocycles. The van der Waals surface area contributed by atoms with Crippen LogP contribution in [0.5, 0.6) is 0 Å². The molecule has 0 saturated carbocycles. The smallest absolute Gasteiger partial charge is 0.382 e. The molecule has 0 spiro atoms. The normalized spacial score (nSPS) is 11.6. The van der Waals surface area contributed by atoms with Crippen molar-refractivity contribution in [2.75, 3.05) is 11.5 Å². The SMILES string of the molecule is Nc1nnc(-c2cc(Cl)cc(C(F)(F)F)c2)c(N)n1. The van der Waals surface area contributed by atoms with E-state index in [0.717, 1.165) is 12.1 Å². The van der Waals surface area contributed by atoms with Gasteiger partial charge < -0.3 is 11.5 Å². The van der Waals surface area contributed by atoms with Crippen molar-refractivity contribution in [3.8, 4) is 11.3 Å². The lowest BCUT2D eigenvalue weighted by Crippen LogP contribution is -2.07. The first-order chi connectivity index (χ1) is 8.77. The van der Waals surface area contributed by atoms with Crippen LogP contribution in [-0.4, -0.2) is 15.2 Å². The number of benzene rings is 1. The van der Waals surface area contributed by atoms with Crippen LogP contribution in [-0.2, 0) is 6.18 Å². The Morgan fingerprint density at radius 2 is 1.74 bits per heavy atom. The molecule has 100 valence electrons. The van der Waals surface area contributed by atoms with Crippen molar-refractivity contribution in [3.63, 3.8) is 0 Å². The van der Waals surface area contributed by atoms with Crippen LogP contribution in [0, 0.1) is 0 Å². The van der Waals surface area contributed by atoms with Crippen molar-refractivity contribution in [3.05, 3.63) is 28.8 Å². The van der Waals surface area contributed by atoms with Crippen LogP contribution in [0.2, 0.25) is 5.02 Å². The monoisotopic (exact) mass is 289 g/mol. The highest BCUT2D eigenvalue weighted by Crippen LogP contribution is 2.35. The van der Waals surface area contributed by atoms with E-state index >= 15 is 0 Å². The average molecular weight is 290 g/mol. The fraction of sp³-hybridized carbons (Fsp3) is 0.100. The van der Waals surface area contributed by atoms with E-state index in [9.17, 15) is 13.2 Å². The highest BCUT2D eigenvalue weighted by atomic mass is 35.5. The van der Waals surface area contributed by atoms with Crippen molar-refractivity contribution in [2.24, 2.45) is 0 Å². The number of alkyl halides is 3. The molecule has 0 fully saturated rings. The first-order valence-electron chi connectivity index (χ1n) is 4.91. The minimum absolute atomic E-state index is 0.0119. The van der Waals surface area contributed by atoms with Gasteiger partial charge in [0.25, 0.3) is 0 Å². The van der Waals surface area contributed by atoms with Crippen LogP contribution in [0.15, 0.2) is 18.2 Å². The van der Waals surface area contributed by atoms with Gasteiger partial charge in [0.2, 0.25) is 5.95 Å². The van der Waals surface area contributed by atoms with Gasteiger partial charge in [-0.2, -0.15) is 18.2 Å². The number of anilines is 2. The Bertz CT molecular complexity index is 629. The minimum atomic E-state index is -4.52. The Kier molecular flexibility index (Phi) is 3.19. The van der Waals surface area contributed by atoms with E-state index < -0.39 is 11.7 Å². The lowest BCUT2D eigenvalue weighted by molar-refractivity contribution is -0.137. The maximum Gasteiger partial charge on any atom is 0.416 e. The molecular weight excluding hydrogens is 283 g/mol. The number of hydrogen-bond donors (Lipinski definition) is 2. The number of nitrogen functional groups attached to an aromatic ring is 2. The highest BCUT2D eigenvalue weighted by molar-refractivity contribution is 6.31. The summed E-state index contributed by atoms with van der Waals surface area (Å²) < 4.78 is 38.0. The lowest BCUT2D eigenvalue weighted by atomic mass is 10.1. The van der Waals surface area contributed by atoms with E-state index in [0.29, 0.717) is 0 Å². The van der Waals surface area contributed by atoms with Crippen LogP contribution in [0.3, 0.4) is 0 Å². The molecule has 4 N–H and O–H groups in total. The van der Waals surface area contributed by atoms with Gasteiger partial charge in [-0.15, -0.1) is 10.2 Å². The van der Waals surface area contributed by atoms with Gasteiger partial charge in [0.1, 0.15) is 5.69 Å². The molecule has 2 rings (SSSR count). The highest BCUT2D eigenvalue weighted by Gasteiger charge is 2.31. The van der Waals surface area contributed by atoms with Crippen LogP contribution in [0.1, 0.15) is 5.56 Å². The zero-order valence-electron chi connectivity index (χ0n) is 9.24. The molecule has 0 atom stereocenters. The minimum Gasteiger partial charge on any atom is -0.382 e. The van der Waals surface area contributed by atoms with Gasteiger partial charge in [-0.25, -0.2) is 0 Å². The Morgan fingerprint density at radius 3 is 2.32 bits per heavy atom. The maximum absolute atomic E-state index is 12.7. The largest absolute Gasteiger partial charge is 0.416 e. The zero-order valence-corrected chi connectivity index (χ0v) is 10.00. The summed E-state index contributed by atoms with van der Waals surface area (Å²) in [5.74, 6) is -0.290.